The molecule has 0 atom stereocenters. The maximum absolute atomic E-state index is 4.60. The van der Waals surface area contributed by atoms with Crippen LogP contribution in [0.25, 0.3) is 0 Å². The summed E-state index contributed by atoms with van der Waals surface area (Å²) in [6.07, 6.45) is 3.46. The summed E-state index contributed by atoms with van der Waals surface area (Å²) in [5, 5.41) is 3.41. The molecule has 1 aromatic carbocycles. The summed E-state index contributed by atoms with van der Waals surface area (Å²) in [5.41, 5.74) is 2.70. The second-order valence-corrected chi connectivity index (χ2v) is 5.07. The van der Waals surface area contributed by atoms with Gasteiger partial charge >= 0.3 is 0 Å². The van der Waals surface area contributed by atoms with Crippen molar-refractivity contribution in [2.75, 3.05) is 33.7 Å². The SMILES string of the molecule is CN(C)CCCc1ccccc1C1=NCCCN1. The molecule has 0 saturated heterocycles. The molecule has 0 fully saturated rings. The number of rotatable bonds is 5. The van der Waals surface area contributed by atoms with Crippen molar-refractivity contribution in [3.8, 4) is 0 Å². The molecule has 0 unspecified atom stereocenters. The van der Waals surface area contributed by atoms with E-state index in [0.717, 1.165) is 38.3 Å². The van der Waals surface area contributed by atoms with Crippen molar-refractivity contribution in [1.29, 1.82) is 0 Å². The maximum atomic E-state index is 4.60. The third-order valence-corrected chi connectivity index (χ3v) is 3.22. The van der Waals surface area contributed by atoms with Crippen LogP contribution in [0.5, 0.6) is 0 Å². The molecule has 1 N–H and O–H groups in total. The van der Waals surface area contributed by atoms with Crippen LogP contribution in [-0.4, -0.2) is 44.5 Å². The van der Waals surface area contributed by atoms with Crippen LogP contribution in [0.4, 0.5) is 0 Å². The highest BCUT2D eigenvalue weighted by Crippen LogP contribution is 2.13. The Morgan fingerprint density at radius 1 is 1.28 bits per heavy atom. The molecule has 1 heterocycles. The molecule has 3 heteroatoms. The molecular weight excluding hydrogens is 222 g/mol. The lowest BCUT2D eigenvalue weighted by molar-refractivity contribution is 0.400. The Morgan fingerprint density at radius 2 is 2.11 bits per heavy atom. The van der Waals surface area contributed by atoms with E-state index in [1.807, 2.05) is 0 Å². The zero-order valence-electron chi connectivity index (χ0n) is 11.4. The van der Waals surface area contributed by atoms with Crippen molar-refractivity contribution in [3.63, 3.8) is 0 Å². The zero-order chi connectivity index (χ0) is 12.8. The molecule has 3 nitrogen and oxygen atoms in total. The van der Waals surface area contributed by atoms with Crippen LogP contribution in [0.2, 0.25) is 0 Å². The summed E-state index contributed by atoms with van der Waals surface area (Å²) in [7, 11) is 4.25. The third-order valence-electron chi connectivity index (χ3n) is 3.22. The number of amidine groups is 1. The Balaban J connectivity index is 2.07. The highest BCUT2D eigenvalue weighted by molar-refractivity contribution is 6.00. The molecule has 0 aromatic heterocycles. The fourth-order valence-corrected chi connectivity index (χ4v) is 2.27. The van der Waals surface area contributed by atoms with E-state index in [-0.39, 0.29) is 0 Å². The molecule has 0 amide bonds. The van der Waals surface area contributed by atoms with Gasteiger partial charge in [0.2, 0.25) is 0 Å². The van der Waals surface area contributed by atoms with E-state index < -0.39 is 0 Å². The minimum atomic E-state index is 0.953. The molecule has 1 aromatic rings. The van der Waals surface area contributed by atoms with E-state index in [1.54, 1.807) is 0 Å². The number of hydrogen-bond acceptors (Lipinski definition) is 3. The fourth-order valence-electron chi connectivity index (χ4n) is 2.27. The minimum absolute atomic E-state index is 0.953. The standard InChI is InChI=1S/C15H23N3/c1-18(2)12-5-8-13-7-3-4-9-14(13)15-16-10-6-11-17-15/h3-4,7,9H,5-6,8,10-12H2,1-2H3,(H,16,17). The van der Waals surface area contributed by atoms with Crippen molar-refractivity contribution in [2.24, 2.45) is 4.99 Å². The van der Waals surface area contributed by atoms with Gasteiger partial charge in [0, 0.05) is 18.7 Å². The van der Waals surface area contributed by atoms with Crippen molar-refractivity contribution < 1.29 is 0 Å². The summed E-state index contributed by atoms with van der Waals surface area (Å²) in [6.45, 7) is 3.13. The average Bonchev–Trinajstić information content (AvgIpc) is 2.40. The van der Waals surface area contributed by atoms with Gasteiger partial charge in [0.25, 0.3) is 0 Å². The molecule has 18 heavy (non-hydrogen) atoms. The number of aliphatic imine (C=N–C) groups is 1. The van der Waals surface area contributed by atoms with Crippen LogP contribution >= 0.6 is 0 Å². The molecule has 0 aliphatic carbocycles. The van der Waals surface area contributed by atoms with Crippen LogP contribution in [0.15, 0.2) is 29.3 Å². The van der Waals surface area contributed by atoms with Gasteiger partial charge in [0.1, 0.15) is 5.84 Å². The number of nitrogens with one attached hydrogen (secondary N) is 1. The van der Waals surface area contributed by atoms with E-state index >= 15 is 0 Å². The average molecular weight is 245 g/mol. The van der Waals surface area contributed by atoms with Gasteiger partial charge in [-0.25, -0.2) is 0 Å². The molecule has 1 aliphatic heterocycles. The number of nitrogens with zero attached hydrogens (tertiary/aromatic N) is 2. The van der Waals surface area contributed by atoms with E-state index in [9.17, 15) is 0 Å². The Hall–Kier alpha value is -1.35. The first-order valence-electron chi connectivity index (χ1n) is 6.78. The molecule has 0 spiro atoms. The first-order valence-corrected chi connectivity index (χ1v) is 6.78. The van der Waals surface area contributed by atoms with Gasteiger partial charge in [0.15, 0.2) is 0 Å². The topological polar surface area (TPSA) is 27.6 Å². The second kappa shape index (κ2) is 6.55. The van der Waals surface area contributed by atoms with Gasteiger partial charge in [0.05, 0.1) is 0 Å². The van der Waals surface area contributed by atoms with Crippen molar-refractivity contribution in [2.45, 2.75) is 19.3 Å². The summed E-state index contributed by atoms with van der Waals surface area (Å²) in [5.74, 6) is 1.08. The normalized spacial score (nSPS) is 15.4. The largest absolute Gasteiger partial charge is 0.370 e. The van der Waals surface area contributed by atoms with Crippen molar-refractivity contribution in [3.05, 3.63) is 35.4 Å². The van der Waals surface area contributed by atoms with Crippen LogP contribution in [0, 0.1) is 0 Å². The summed E-state index contributed by atoms with van der Waals surface area (Å²) in [4.78, 5) is 6.83. The lowest BCUT2D eigenvalue weighted by Crippen LogP contribution is -2.31. The summed E-state index contributed by atoms with van der Waals surface area (Å²) >= 11 is 0. The number of hydrogen-bond donors (Lipinski definition) is 1. The maximum Gasteiger partial charge on any atom is 0.128 e. The predicted molar refractivity (Wildman–Crippen MR) is 77.3 cm³/mol. The fraction of sp³-hybridized carbons (Fsp3) is 0.533. The van der Waals surface area contributed by atoms with Crippen LogP contribution in [0.1, 0.15) is 24.0 Å². The van der Waals surface area contributed by atoms with Crippen LogP contribution in [0.3, 0.4) is 0 Å². The Bertz CT molecular complexity index is 410. The van der Waals surface area contributed by atoms with Crippen molar-refractivity contribution in [1.82, 2.24) is 10.2 Å². The molecule has 0 bridgehead atoms. The molecule has 0 radical (unpaired) electrons. The highest BCUT2D eigenvalue weighted by atomic mass is 15.0. The van der Waals surface area contributed by atoms with Crippen LogP contribution in [-0.2, 0) is 6.42 Å². The second-order valence-electron chi connectivity index (χ2n) is 5.07. The molecule has 1 aliphatic rings. The first kappa shape index (κ1) is 13.1. The Kier molecular flexibility index (Phi) is 4.76. The Labute approximate surface area is 110 Å². The van der Waals surface area contributed by atoms with E-state index in [1.165, 1.54) is 17.5 Å². The molecular formula is C15H23N3. The lowest BCUT2D eigenvalue weighted by atomic mass is 10.0. The van der Waals surface area contributed by atoms with Gasteiger partial charge in [-0.15, -0.1) is 0 Å². The van der Waals surface area contributed by atoms with Gasteiger partial charge < -0.3 is 10.2 Å². The lowest BCUT2D eigenvalue weighted by Gasteiger charge is -2.18. The van der Waals surface area contributed by atoms with E-state index in [0.29, 0.717) is 0 Å². The third kappa shape index (κ3) is 3.57. The zero-order valence-corrected chi connectivity index (χ0v) is 11.4. The smallest absolute Gasteiger partial charge is 0.128 e. The van der Waals surface area contributed by atoms with E-state index in [2.05, 4.69) is 53.6 Å². The number of benzene rings is 1. The van der Waals surface area contributed by atoms with Gasteiger partial charge in [-0.2, -0.15) is 0 Å². The summed E-state index contributed by atoms with van der Waals surface area (Å²) < 4.78 is 0. The molecule has 98 valence electrons. The predicted octanol–water partition coefficient (Wildman–Crippen LogP) is 1.92. The summed E-state index contributed by atoms with van der Waals surface area (Å²) in [6, 6.07) is 8.63. The molecule has 0 saturated carbocycles. The van der Waals surface area contributed by atoms with Gasteiger partial charge in [-0.1, -0.05) is 24.3 Å². The van der Waals surface area contributed by atoms with Crippen LogP contribution < -0.4 is 5.32 Å². The molecule has 2 rings (SSSR count). The monoisotopic (exact) mass is 245 g/mol. The Morgan fingerprint density at radius 3 is 2.83 bits per heavy atom. The first-order chi connectivity index (χ1) is 8.77. The van der Waals surface area contributed by atoms with Crippen molar-refractivity contribution >= 4 is 5.84 Å². The van der Waals surface area contributed by atoms with Gasteiger partial charge in [-0.05, 0) is 45.5 Å². The quantitative estimate of drug-likeness (QED) is 0.858. The van der Waals surface area contributed by atoms with Gasteiger partial charge in [-0.3, -0.25) is 4.99 Å². The number of aryl methyl sites for hydroxylation is 1. The van der Waals surface area contributed by atoms with E-state index in [4.69, 9.17) is 0 Å². The highest BCUT2D eigenvalue weighted by Gasteiger charge is 2.10. The minimum Gasteiger partial charge on any atom is -0.370 e.